The molecule has 2 unspecified atom stereocenters. The fraction of sp³-hybridized carbons (Fsp3) is 0.625. The molecule has 0 spiro atoms. The van der Waals surface area contributed by atoms with Gasteiger partial charge in [-0.15, -0.1) is 0 Å². The van der Waals surface area contributed by atoms with E-state index in [2.05, 4.69) is 38.7 Å². The van der Waals surface area contributed by atoms with Gasteiger partial charge in [0.2, 0.25) is 0 Å². The Balaban J connectivity index is 1.77. The summed E-state index contributed by atoms with van der Waals surface area (Å²) in [4.78, 5) is 5.15. The molecule has 2 fully saturated rings. The summed E-state index contributed by atoms with van der Waals surface area (Å²) in [6.07, 6.45) is 2.67. The number of nitrogens with zero attached hydrogens (tertiary/aromatic N) is 2. The van der Waals surface area contributed by atoms with Crippen LogP contribution in [0.4, 0.5) is 0 Å². The lowest BCUT2D eigenvalue weighted by Gasteiger charge is -2.42. The molecule has 1 N–H and O–H groups in total. The summed E-state index contributed by atoms with van der Waals surface area (Å²) in [5, 5.41) is 10.3. The Morgan fingerprint density at radius 3 is 2.95 bits per heavy atom. The third-order valence-electron chi connectivity index (χ3n) is 4.78. The zero-order valence-electron chi connectivity index (χ0n) is 12.3. The third kappa shape index (κ3) is 2.74. The van der Waals surface area contributed by atoms with Gasteiger partial charge in [0.15, 0.2) is 0 Å². The number of rotatable bonds is 2. The zero-order valence-corrected chi connectivity index (χ0v) is 13.9. The van der Waals surface area contributed by atoms with Crippen LogP contribution < -0.4 is 0 Å². The summed E-state index contributed by atoms with van der Waals surface area (Å²) in [6.45, 7) is 8.67. The second-order valence-corrected chi connectivity index (χ2v) is 7.22. The molecule has 1 aromatic carbocycles. The number of aryl methyl sites for hydroxylation is 1. The van der Waals surface area contributed by atoms with Crippen molar-refractivity contribution in [1.29, 1.82) is 0 Å². The van der Waals surface area contributed by atoms with Crippen molar-refractivity contribution in [3.8, 4) is 5.75 Å². The minimum absolute atomic E-state index is 0.453. The maximum atomic E-state index is 10.3. The SMILES string of the molecule is Cc1cc(Br)cc(CN2CC3CCCN3CC2C)c1O. The molecular formula is C16H23BrN2O. The van der Waals surface area contributed by atoms with Crippen LogP contribution >= 0.6 is 15.9 Å². The fourth-order valence-electron chi connectivity index (χ4n) is 3.61. The quantitative estimate of drug-likeness (QED) is 0.897. The van der Waals surface area contributed by atoms with E-state index in [4.69, 9.17) is 0 Å². The van der Waals surface area contributed by atoms with E-state index >= 15 is 0 Å². The Bertz CT molecular complexity index is 505. The van der Waals surface area contributed by atoms with Crippen LogP contribution in [0, 0.1) is 6.92 Å². The smallest absolute Gasteiger partial charge is 0.123 e. The Morgan fingerprint density at radius 1 is 1.35 bits per heavy atom. The van der Waals surface area contributed by atoms with Gasteiger partial charge in [-0.3, -0.25) is 9.80 Å². The summed E-state index contributed by atoms with van der Waals surface area (Å²) in [7, 11) is 0. The van der Waals surface area contributed by atoms with Crippen molar-refractivity contribution in [2.24, 2.45) is 0 Å². The van der Waals surface area contributed by atoms with Crippen molar-refractivity contribution in [3.05, 3.63) is 27.7 Å². The van der Waals surface area contributed by atoms with Crippen molar-refractivity contribution in [2.75, 3.05) is 19.6 Å². The minimum Gasteiger partial charge on any atom is -0.507 e. The standard InChI is InChI=1S/C16H23BrN2O/c1-11-6-14(17)7-13(16(11)20)9-19-10-15-4-3-5-18(15)8-12(19)2/h6-7,12,15,20H,3-5,8-10H2,1-2H3. The molecule has 2 saturated heterocycles. The average Bonchev–Trinajstić information content (AvgIpc) is 2.82. The van der Waals surface area contributed by atoms with Crippen LogP contribution in [0.1, 0.15) is 30.9 Å². The highest BCUT2D eigenvalue weighted by molar-refractivity contribution is 9.10. The highest BCUT2D eigenvalue weighted by Gasteiger charge is 2.34. The van der Waals surface area contributed by atoms with Crippen LogP contribution in [0.2, 0.25) is 0 Å². The molecule has 2 aliphatic rings. The fourth-order valence-corrected chi connectivity index (χ4v) is 4.23. The van der Waals surface area contributed by atoms with E-state index in [1.165, 1.54) is 25.9 Å². The predicted molar refractivity (Wildman–Crippen MR) is 85.0 cm³/mol. The van der Waals surface area contributed by atoms with E-state index in [-0.39, 0.29) is 0 Å². The molecular weight excluding hydrogens is 316 g/mol. The van der Waals surface area contributed by atoms with Crippen molar-refractivity contribution >= 4 is 15.9 Å². The van der Waals surface area contributed by atoms with Crippen LogP contribution in [0.15, 0.2) is 16.6 Å². The Kier molecular flexibility index (Phi) is 4.07. The first kappa shape index (κ1) is 14.4. The highest BCUT2D eigenvalue weighted by atomic mass is 79.9. The van der Waals surface area contributed by atoms with Gasteiger partial charge < -0.3 is 5.11 Å². The lowest BCUT2D eigenvalue weighted by molar-refractivity contribution is 0.0535. The van der Waals surface area contributed by atoms with Crippen LogP contribution in [0.25, 0.3) is 0 Å². The van der Waals surface area contributed by atoms with Gasteiger partial charge in [0, 0.05) is 41.8 Å². The topological polar surface area (TPSA) is 26.7 Å². The van der Waals surface area contributed by atoms with Crippen LogP contribution in [-0.4, -0.2) is 46.6 Å². The van der Waals surface area contributed by atoms with E-state index < -0.39 is 0 Å². The normalized spacial score (nSPS) is 27.8. The molecule has 0 aliphatic carbocycles. The molecule has 110 valence electrons. The number of fused-ring (bicyclic) bond motifs is 1. The van der Waals surface area contributed by atoms with E-state index in [1.807, 2.05) is 13.0 Å². The number of benzene rings is 1. The molecule has 3 rings (SSSR count). The molecule has 4 heteroatoms. The van der Waals surface area contributed by atoms with Gasteiger partial charge in [-0.1, -0.05) is 15.9 Å². The molecule has 0 aromatic heterocycles. The number of phenolic OH excluding ortho intramolecular Hbond substituents is 1. The second-order valence-electron chi connectivity index (χ2n) is 6.30. The number of piperazine rings is 1. The largest absolute Gasteiger partial charge is 0.507 e. The predicted octanol–water partition coefficient (Wildman–Crippen LogP) is 3.13. The lowest BCUT2D eigenvalue weighted by atomic mass is 10.0. The van der Waals surface area contributed by atoms with Gasteiger partial charge in [-0.05, 0) is 50.9 Å². The lowest BCUT2D eigenvalue weighted by Crippen LogP contribution is -2.54. The molecule has 20 heavy (non-hydrogen) atoms. The second kappa shape index (κ2) is 5.66. The molecule has 1 aromatic rings. The van der Waals surface area contributed by atoms with Crippen LogP contribution in [-0.2, 0) is 6.54 Å². The summed E-state index contributed by atoms with van der Waals surface area (Å²) in [6, 6.07) is 5.30. The van der Waals surface area contributed by atoms with Gasteiger partial charge in [0.1, 0.15) is 5.75 Å². The first-order valence-corrected chi connectivity index (χ1v) is 8.30. The Labute approximate surface area is 129 Å². The van der Waals surface area contributed by atoms with Crippen LogP contribution in [0.3, 0.4) is 0 Å². The van der Waals surface area contributed by atoms with E-state index in [0.29, 0.717) is 11.8 Å². The number of aromatic hydroxyl groups is 1. The zero-order chi connectivity index (χ0) is 14.3. The number of hydrogen-bond acceptors (Lipinski definition) is 3. The Hall–Kier alpha value is -0.580. The van der Waals surface area contributed by atoms with Crippen molar-refractivity contribution in [2.45, 2.75) is 45.3 Å². The van der Waals surface area contributed by atoms with Crippen molar-refractivity contribution < 1.29 is 5.11 Å². The van der Waals surface area contributed by atoms with Gasteiger partial charge >= 0.3 is 0 Å². The summed E-state index contributed by atoms with van der Waals surface area (Å²) < 4.78 is 1.05. The molecule has 0 saturated carbocycles. The summed E-state index contributed by atoms with van der Waals surface area (Å²) >= 11 is 3.53. The molecule has 2 aliphatic heterocycles. The number of halogens is 1. The van der Waals surface area contributed by atoms with Gasteiger partial charge in [-0.25, -0.2) is 0 Å². The van der Waals surface area contributed by atoms with Crippen molar-refractivity contribution in [1.82, 2.24) is 9.80 Å². The van der Waals surface area contributed by atoms with Crippen LogP contribution in [0.5, 0.6) is 5.75 Å². The minimum atomic E-state index is 0.453. The van der Waals surface area contributed by atoms with Gasteiger partial charge in [0.25, 0.3) is 0 Å². The summed E-state index contributed by atoms with van der Waals surface area (Å²) in [5.74, 6) is 0.453. The van der Waals surface area contributed by atoms with E-state index in [9.17, 15) is 5.11 Å². The van der Waals surface area contributed by atoms with Gasteiger partial charge in [-0.2, -0.15) is 0 Å². The molecule has 2 heterocycles. The molecule has 0 bridgehead atoms. The maximum Gasteiger partial charge on any atom is 0.123 e. The molecule has 0 radical (unpaired) electrons. The Morgan fingerprint density at radius 2 is 2.15 bits per heavy atom. The number of phenols is 1. The first-order valence-electron chi connectivity index (χ1n) is 7.50. The molecule has 2 atom stereocenters. The van der Waals surface area contributed by atoms with Crippen molar-refractivity contribution in [3.63, 3.8) is 0 Å². The first-order chi connectivity index (χ1) is 9.54. The molecule has 0 amide bonds. The van der Waals surface area contributed by atoms with E-state index in [0.717, 1.165) is 34.7 Å². The number of hydrogen-bond donors (Lipinski definition) is 1. The molecule has 3 nitrogen and oxygen atoms in total. The summed E-state index contributed by atoms with van der Waals surface area (Å²) in [5.41, 5.74) is 1.98. The highest BCUT2D eigenvalue weighted by Crippen LogP contribution is 2.31. The average molecular weight is 339 g/mol. The maximum absolute atomic E-state index is 10.3. The van der Waals surface area contributed by atoms with Gasteiger partial charge in [0.05, 0.1) is 0 Å². The third-order valence-corrected chi connectivity index (χ3v) is 5.24. The monoisotopic (exact) mass is 338 g/mol. The van der Waals surface area contributed by atoms with E-state index in [1.54, 1.807) is 0 Å².